The highest BCUT2D eigenvalue weighted by Gasteiger charge is 2.13. The number of nitrogens with zero attached hydrogens (tertiary/aromatic N) is 1. The minimum Gasteiger partial charge on any atom is -0.488 e. The van der Waals surface area contributed by atoms with Gasteiger partial charge in [-0.1, -0.05) is 43.0 Å². The maximum absolute atomic E-state index is 11.9. The molecule has 154 valence electrons. The largest absolute Gasteiger partial charge is 0.488 e. The lowest BCUT2D eigenvalue weighted by atomic mass is 9.95. The van der Waals surface area contributed by atoms with E-state index in [4.69, 9.17) is 16.3 Å². The molecule has 2 N–H and O–H groups in total. The number of carbonyl (C=O) groups excluding carboxylic acids is 1. The second kappa shape index (κ2) is 11.3. The summed E-state index contributed by atoms with van der Waals surface area (Å²) in [5.41, 5.74) is 4.46. The van der Waals surface area contributed by atoms with Gasteiger partial charge in [-0.15, -0.1) is 0 Å². The zero-order chi connectivity index (χ0) is 20.5. The normalized spacial score (nSPS) is 14.8. The second-order valence-corrected chi connectivity index (χ2v) is 8.40. The van der Waals surface area contributed by atoms with E-state index in [1.54, 1.807) is 6.21 Å². The molecule has 0 aliphatic heterocycles. The number of benzene rings is 2. The molecule has 5 nitrogen and oxygen atoms in total. The maximum atomic E-state index is 11.9. The van der Waals surface area contributed by atoms with Gasteiger partial charge in [0.1, 0.15) is 12.4 Å². The van der Waals surface area contributed by atoms with E-state index >= 15 is 0 Å². The van der Waals surface area contributed by atoms with Crippen LogP contribution in [0.15, 0.2) is 52.0 Å². The number of rotatable bonds is 8. The standard InChI is InChI=1S/C22H25BrClN3O2/c23-20-12-17(8-11-21(20)29-15-16-6-9-18(24)10-7-16)13-26-27-22(28)14-25-19-4-2-1-3-5-19/h6-13,19,25H,1-5,14-15H2,(H,27,28)/b26-13-. The fourth-order valence-corrected chi connectivity index (χ4v) is 3.86. The van der Waals surface area contributed by atoms with Crippen LogP contribution in [0, 0.1) is 0 Å². The van der Waals surface area contributed by atoms with Gasteiger partial charge < -0.3 is 10.1 Å². The average molecular weight is 479 g/mol. The molecular weight excluding hydrogens is 454 g/mol. The zero-order valence-corrected chi connectivity index (χ0v) is 18.5. The lowest BCUT2D eigenvalue weighted by molar-refractivity contribution is -0.120. The Labute approximate surface area is 185 Å². The Hall–Kier alpha value is -1.89. The molecule has 29 heavy (non-hydrogen) atoms. The third-order valence-corrected chi connectivity index (χ3v) is 5.69. The van der Waals surface area contributed by atoms with Gasteiger partial charge in [0.15, 0.2) is 0 Å². The first kappa shape index (κ1) is 21.8. The Morgan fingerprint density at radius 3 is 2.66 bits per heavy atom. The highest BCUT2D eigenvalue weighted by atomic mass is 79.9. The summed E-state index contributed by atoms with van der Waals surface area (Å²) in [6.45, 7) is 0.746. The predicted molar refractivity (Wildman–Crippen MR) is 121 cm³/mol. The van der Waals surface area contributed by atoms with Crippen LogP contribution in [-0.4, -0.2) is 24.7 Å². The van der Waals surface area contributed by atoms with Crippen molar-refractivity contribution in [2.75, 3.05) is 6.54 Å². The van der Waals surface area contributed by atoms with E-state index in [1.165, 1.54) is 19.3 Å². The van der Waals surface area contributed by atoms with E-state index in [2.05, 4.69) is 31.8 Å². The summed E-state index contributed by atoms with van der Waals surface area (Å²) < 4.78 is 6.66. The summed E-state index contributed by atoms with van der Waals surface area (Å²) >= 11 is 9.41. The fourth-order valence-electron chi connectivity index (χ4n) is 3.22. The van der Waals surface area contributed by atoms with Crippen molar-refractivity contribution in [3.8, 4) is 5.75 Å². The van der Waals surface area contributed by atoms with Crippen LogP contribution in [-0.2, 0) is 11.4 Å². The summed E-state index contributed by atoms with van der Waals surface area (Å²) in [5, 5.41) is 8.04. The summed E-state index contributed by atoms with van der Waals surface area (Å²) in [4.78, 5) is 11.9. The number of hydrogen-bond acceptors (Lipinski definition) is 4. The summed E-state index contributed by atoms with van der Waals surface area (Å²) in [7, 11) is 0. The second-order valence-electron chi connectivity index (χ2n) is 7.11. The van der Waals surface area contributed by atoms with Crippen molar-refractivity contribution in [2.45, 2.75) is 44.8 Å². The molecule has 1 saturated carbocycles. The van der Waals surface area contributed by atoms with E-state index in [0.717, 1.165) is 34.2 Å². The molecule has 0 radical (unpaired) electrons. The summed E-state index contributed by atoms with van der Waals surface area (Å²) in [5.74, 6) is 0.603. The molecule has 1 fully saturated rings. The number of amides is 1. The maximum Gasteiger partial charge on any atom is 0.254 e. The topological polar surface area (TPSA) is 62.7 Å². The molecule has 0 heterocycles. The minimum atomic E-state index is -0.131. The van der Waals surface area contributed by atoms with Crippen molar-refractivity contribution in [3.05, 3.63) is 63.1 Å². The highest BCUT2D eigenvalue weighted by molar-refractivity contribution is 9.10. The molecule has 2 aromatic rings. The van der Waals surface area contributed by atoms with Crippen LogP contribution in [0.25, 0.3) is 0 Å². The van der Waals surface area contributed by atoms with Crippen molar-refractivity contribution in [3.63, 3.8) is 0 Å². The quantitative estimate of drug-likeness (QED) is 0.412. The summed E-state index contributed by atoms with van der Waals surface area (Å²) in [6.07, 6.45) is 7.70. The van der Waals surface area contributed by atoms with Crippen molar-refractivity contribution in [1.82, 2.24) is 10.7 Å². The molecule has 3 rings (SSSR count). The van der Waals surface area contributed by atoms with Gasteiger partial charge >= 0.3 is 0 Å². The van der Waals surface area contributed by atoms with Crippen molar-refractivity contribution in [1.29, 1.82) is 0 Å². The van der Waals surface area contributed by atoms with Gasteiger partial charge in [0.25, 0.3) is 5.91 Å². The van der Waals surface area contributed by atoms with Gasteiger partial charge in [-0.25, -0.2) is 5.43 Å². The molecular formula is C22H25BrClN3O2. The molecule has 7 heteroatoms. The average Bonchev–Trinajstić information content (AvgIpc) is 2.73. The van der Waals surface area contributed by atoms with E-state index in [0.29, 0.717) is 24.2 Å². The van der Waals surface area contributed by atoms with Gasteiger partial charge in [-0.3, -0.25) is 4.79 Å². The van der Waals surface area contributed by atoms with Gasteiger partial charge in [0.05, 0.1) is 17.2 Å². The van der Waals surface area contributed by atoms with Crippen LogP contribution in [0.4, 0.5) is 0 Å². The first-order valence-electron chi connectivity index (χ1n) is 9.82. The third-order valence-electron chi connectivity index (χ3n) is 4.82. The number of halogens is 2. The zero-order valence-electron chi connectivity index (χ0n) is 16.2. The molecule has 0 unspecified atom stereocenters. The predicted octanol–water partition coefficient (Wildman–Crippen LogP) is 5.05. The van der Waals surface area contributed by atoms with E-state index in [-0.39, 0.29) is 5.91 Å². The number of nitrogens with one attached hydrogen (secondary N) is 2. The van der Waals surface area contributed by atoms with E-state index in [9.17, 15) is 4.79 Å². The van der Waals surface area contributed by atoms with Gasteiger partial charge in [-0.2, -0.15) is 5.10 Å². The van der Waals surface area contributed by atoms with Crippen LogP contribution in [0.2, 0.25) is 5.02 Å². The van der Waals surface area contributed by atoms with Gasteiger partial charge in [-0.05, 0) is 70.2 Å². The van der Waals surface area contributed by atoms with E-state index in [1.807, 2.05) is 42.5 Å². The molecule has 0 spiro atoms. The molecule has 2 aromatic carbocycles. The highest BCUT2D eigenvalue weighted by Crippen LogP contribution is 2.26. The molecule has 1 amide bonds. The first-order chi connectivity index (χ1) is 14.1. The molecule has 0 saturated heterocycles. The van der Waals surface area contributed by atoms with Crippen LogP contribution in [0.1, 0.15) is 43.2 Å². The Morgan fingerprint density at radius 2 is 1.93 bits per heavy atom. The Bertz CT molecular complexity index is 836. The Kier molecular flexibility index (Phi) is 8.52. The summed E-state index contributed by atoms with van der Waals surface area (Å²) in [6, 6.07) is 13.7. The molecule has 0 atom stereocenters. The van der Waals surface area contributed by atoms with Gasteiger partial charge in [0, 0.05) is 11.1 Å². The Morgan fingerprint density at radius 1 is 1.17 bits per heavy atom. The van der Waals surface area contributed by atoms with Crippen molar-refractivity contribution in [2.24, 2.45) is 5.10 Å². The monoisotopic (exact) mass is 477 g/mol. The van der Waals surface area contributed by atoms with Crippen LogP contribution < -0.4 is 15.5 Å². The molecule has 0 aromatic heterocycles. The third kappa shape index (κ3) is 7.46. The van der Waals surface area contributed by atoms with Crippen LogP contribution >= 0.6 is 27.5 Å². The fraction of sp³-hybridized carbons (Fsp3) is 0.364. The lowest BCUT2D eigenvalue weighted by Crippen LogP contribution is -2.38. The molecule has 1 aliphatic rings. The van der Waals surface area contributed by atoms with Gasteiger partial charge in [0.2, 0.25) is 0 Å². The lowest BCUT2D eigenvalue weighted by Gasteiger charge is -2.22. The first-order valence-corrected chi connectivity index (χ1v) is 11.0. The molecule has 0 bridgehead atoms. The number of hydrazone groups is 1. The van der Waals surface area contributed by atoms with Crippen molar-refractivity contribution < 1.29 is 9.53 Å². The number of ether oxygens (including phenoxy) is 1. The SMILES string of the molecule is O=C(CNC1CCCCC1)N/N=C\c1ccc(OCc2ccc(Cl)cc2)c(Br)c1. The smallest absolute Gasteiger partial charge is 0.254 e. The van der Waals surface area contributed by atoms with Crippen LogP contribution in [0.3, 0.4) is 0 Å². The minimum absolute atomic E-state index is 0.131. The number of hydrogen-bond donors (Lipinski definition) is 2. The number of carbonyl (C=O) groups is 1. The van der Waals surface area contributed by atoms with Crippen LogP contribution in [0.5, 0.6) is 5.75 Å². The van der Waals surface area contributed by atoms with E-state index < -0.39 is 0 Å². The molecule has 1 aliphatic carbocycles. The Balaban J connectivity index is 1.44. The van der Waals surface area contributed by atoms with Crippen molar-refractivity contribution >= 4 is 39.7 Å².